The summed E-state index contributed by atoms with van der Waals surface area (Å²) in [4.78, 5) is 0. The first-order valence-corrected chi connectivity index (χ1v) is 5.49. The molecule has 29 valence electrons. The van der Waals surface area contributed by atoms with Crippen molar-refractivity contribution in [1.29, 1.82) is 0 Å². The van der Waals surface area contributed by atoms with Crippen molar-refractivity contribution in [2.75, 3.05) is 0 Å². The van der Waals surface area contributed by atoms with Gasteiger partial charge in [0.2, 0.25) is 0 Å². The van der Waals surface area contributed by atoms with Gasteiger partial charge in [-0.25, -0.2) is 0 Å². The Balaban J connectivity index is 2.19. The minimum atomic E-state index is 1.41. The fraction of sp³-hybridized carbons (Fsp3) is 1.00. The van der Waals surface area contributed by atoms with Gasteiger partial charge in [0.25, 0.3) is 0 Å². The van der Waals surface area contributed by atoms with Crippen LogP contribution in [0.1, 0.15) is 6.42 Å². The van der Waals surface area contributed by atoms with E-state index >= 15 is 0 Å². The fourth-order valence-corrected chi connectivity index (χ4v) is 3.56. The fourth-order valence-electron chi connectivity index (χ4n) is 0.177. The molecule has 0 aromatic heterocycles. The Labute approximate surface area is 49.8 Å². The summed E-state index contributed by atoms with van der Waals surface area (Å²) in [5, 5.41) is 0. The second-order valence-electron chi connectivity index (χ2n) is 1.10. The van der Waals surface area contributed by atoms with Gasteiger partial charge in [-0.2, -0.15) is 0 Å². The van der Waals surface area contributed by atoms with Gasteiger partial charge in [-0.15, -0.1) is 0 Å². The average Bonchev–Trinajstić information content (AvgIpc) is 1.41. The van der Waals surface area contributed by atoms with E-state index in [1.54, 1.807) is 22.5 Å². The van der Waals surface area contributed by atoms with Crippen LogP contribution in [0.4, 0.5) is 0 Å². The van der Waals surface area contributed by atoms with Crippen LogP contribution >= 0.6 is 0 Å². The molecular formula is C3H9SiSn. The first kappa shape index (κ1) is 6.02. The van der Waals surface area contributed by atoms with E-state index in [2.05, 4.69) is 0 Å². The molecule has 0 aromatic rings. The molecule has 0 saturated carbocycles. The van der Waals surface area contributed by atoms with Gasteiger partial charge in [-0.1, -0.05) is 0 Å². The van der Waals surface area contributed by atoms with Crippen molar-refractivity contribution >= 4 is 32.8 Å². The van der Waals surface area contributed by atoms with Crippen LogP contribution in [0.25, 0.3) is 0 Å². The van der Waals surface area contributed by atoms with Gasteiger partial charge in [-0.05, 0) is 0 Å². The molecule has 0 bridgehead atoms. The Morgan fingerprint density at radius 2 is 2.20 bits per heavy atom. The van der Waals surface area contributed by atoms with Gasteiger partial charge in [0.1, 0.15) is 0 Å². The second-order valence-corrected chi connectivity index (χ2v) is 3.53. The summed E-state index contributed by atoms with van der Waals surface area (Å²) in [5.41, 5.74) is 0. The van der Waals surface area contributed by atoms with E-state index in [-0.39, 0.29) is 0 Å². The van der Waals surface area contributed by atoms with Crippen LogP contribution in [-0.4, -0.2) is 32.8 Å². The summed E-state index contributed by atoms with van der Waals surface area (Å²) in [5.74, 6) is 0. The van der Waals surface area contributed by atoms with Crippen LogP contribution in [0.15, 0.2) is 0 Å². The third kappa shape index (κ3) is 5.02. The Kier molecular flexibility index (Phi) is 6.03. The predicted octanol–water partition coefficient (Wildman–Crippen LogP) is -0.253. The van der Waals surface area contributed by atoms with Gasteiger partial charge < -0.3 is 0 Å². The minimum absolute atomic E-state index is 1.41. The van der Waals surface area contributed by atoms with E-state index in [1.807, 2.05) is 0 Å². The Morgan fingerprint density at radius 1 is 1.60 bits per heavy atom. The monoisotopic (exact) mass is 193 g/mol. The van der Waals surface area contributed by atoms with Crippen LogP contribution in [0.3, 0.4) is 0 Å². The molecule has 0 atom stereocenters. The molecule has 0 aromatic carbocycles. The first-order valence-electron chi connectivity index (χ1n) is 2.06. The molecule has 0 aliphatic heterocycles. The topological polar surface area (TPSA) is 0 Å². The molecule has 0 nitrogen and oxygen atoms in total. The molecule has 0 amide bonds. The summed E-state index contributed by atoms with van der Waals surface area (Å²) >= 11 is 1.71. The van der Waals surface area contributed by atoms with E-state index in [0.717, 1.165) is 0 Å². The van der Waals surface area contributed by atoms with Crippen molar-refractivity contribution < 1.29 is 0 Å². The molecule has 0 aliphatic rings. The van der Waals surface area contributed by atoms with E-state index in [9.17, 15) is 0 Å². The van der Waals surface area contributed by atoms with Crippen molar-refractivity contribution in [3.63, 3.8) is 0 Å². The van der Waals surface area contributed by atoms with Gasteiger partial charge >= 0.3 is 49.7 Å². The normalized spacial score (nSPS) is 9.00. The molecule has 0 spiro atoms. The van der Waals surface area contributed by atoms with Crippen LogP contribution in [0.2, 0.25) is 10.5 Å². The number of hydrogen-bond donors (Lipinski definition) is 0. The standard InChI is InChI=1S/C3H9Si.Sn/c1-2-3-4;/h1-3H2,4H3;. The Hall–Kier alpha value is 1.02. The van der Waals surface area contributed by atoms with Gasteiger partial charge in [0.05, 0.1) is 0 Å². The summed E-state index contributed by atoms with van der Waals surface area (Å²) in [6, 6.07) is 1.51. The molecule has 2 heteroatoms. The molecule has 0 saturated heterocycles. The number of hydrogen-bond acceptors (Lipinski definition) is 0. The molecule has 0 unspecified atom stereocenters. The maximum absolute atomic E-state index is 1.71. The Bertz CT molecular complexity index is 14.4. The first-order chi connectivity index (χ1) is 2.41. The van der Waals surface area contributed by atoms with Crippen molar-refractivity contribution in [2.24, 2.45) is 0 Å². The van der Waals surface area contributed by atoms with Crippen LogP contribution < -0.4 is 0 Å². The quantitative estimate of drug-likeness (QED) is 0.529. The SMILES string of the molecule is [SiH3]CC[CH2][Sn]. The third-order valence-electron chi connectivity index (χ3n) is 0.530. The third-order valence-corrected chi connectivity index (χ3v) is 2.25. The van der Waals surface area contributed by atoms with E-state index in [4.69, 9.17) is 0 Å². The summed E-state index contributed by atoms with van der Waals surface area (Å²) in [7, 11) is 1.41. The van der Waals surface area contributed by atoms with Crippen molar-refractivity contribution in [1.82, 2.24) is 0 Å². The van der Waals surface area contributed by atoms with Crippen molar-refractivity contribution in [3.8, 4) is 0 Å². The zero-order valence-electron chi connectivity index (χ0n) is 3.62. The van der Waals surface area contributed by atoms with Crippen molar-refractivity contribution in [3.05, 3.63) is 0 Å². The summed E-state index contributed by atoms with van der Waals surface area (Å²) < 4.78 is 1.47. The molecule has 0 heterocycles. The molecule has 0 fully saturated rings. The van der Waals surface area contributed by atoms with E-state index in [0.29, 0.717) is 0 Å². The average molecular weight is 192 g/mol. The van der Waals surface area contributed by atoms with Gasteiger partial charge in [0, 0.05) is 0 Å². The molecule has 0 N–H and O–H groups in total. The van der Waals surface area contributed by atoms with E-state index in [1.165, 1.54) is 27.1 Å². The zero-order chi connectivity index (χ0) is 4.12. The molecular weight excluding hydrogens is 183 g/mol. The van der Waals surface area contributed by atoms with Crippen LogP contribution in [-0.2, 0) is 0 Å². The van der Waals surface area contributed by atoms with Crippen LogP contribution in [0, 0.1) is 0 Å². The second kappa shape index (κ2) is 5.02. The number of rotatable bonds is 2. The molecule has 3 radical (unpaired) electrons. The van der Waals surface area contributed by atoms with E-state index < -0.39 is 0 Å². The Morgan fingerprint density at radius 3 is 2.20 bits per heavy atom. The maximum atomic E-state index is 1.71. The zero-order valence-corrected chi connectivity index (χ0v) is 8.48. The van der Waals surface area contributed by atoms with Gasteiger partial charge in [0.15, 0.2) is 0 Å². The molecule has 5 heavy (non-hydrogen) atoms. The summed E-state index contributed by atoms with van der Waals surface area (Å²) in [6.45, 7) is 0. The van der Waals surface area contributed by atoms with Crippen molar-refractivity contribution in [2.45, 2.75) is 16.9 Å². The predicted molar refractivity (Wildman–Crippen MR) is 29.9 cm³/mol. The van der Waals surface area contributed by atoms with Crippen LogP contribution in [0.5, 0.6) is 0 Å². The van der Waals surface area contributed by atoms with Gasteiger partial charge in [-0.3, -0.25) is 0 Å². The molecule has 0 aliphatic carbocycles. The summed E-state index contributed by atoms with van der Waals surface area (Å²) in [6.07, 6.45) is 1.49. The molecule has 0 rings (SSSR count).